The van der Waals surface area contributed by atoms with E-state index in [1.807, 2.05) is 30.3 Å². The van der Waals surface area contributed by atoms with Gasteiger partial charge in [-0.1, -0.05) is 42.5 Å². The average molecular weight is 599 g/mol. The van der Waals surface area contributed by atoms with Crippen LogP contribution in [0, 0.1) is 5.41 Å². The molecule has 0 amide bonds. The predicted octanol–water partition coefficient (Wildman–Crippen LogP) is 5.71. The quantitative estimate of drug-likeness (QED) is 0.122. The number of anilines is 1. The van der Waals surface area contributed by atoms with Crippen molar-refractivity contribution in [3.8, 4) is 11.5 Å². The molecule has 42 heavy (non-hydrogen) atoms. The highest BCUT2D eigenvalue weighted by Crippen LogP contribution is 2.33. The van der Waals surface area contributed by atoms with Gasteiger partial charge in [-0.3, -0.25) is 5.41 Å². The van der Waals surface area contributed by atoms with Crippen LogP contribution in [0.1, 0.15) is 28.3 Å². The maximum absolute atomic E-state index is 13.2. The van der Waals surface area contributed by atoms with Crippen molar-refractivity contribution in [2.75, 3.05) is 19.0 Å². The lowest BCUT2D eigenvalue weighted by Gasteiger charge is -2.23. The highest BCUT2D eigenvalue weighted by molar-refractivity contribution is 7.89. The highest BCUT2D eigenvalue weighted by atomic mass is 32.2. The molecular formula is C30H29F3N4O4S. The number of nitrogens with two attached hydrogens (primary N) is 1. The fourth-order valence-electron chi connectivity index (χ4n) is 4.07. The van der Waals surface area contributed by atoms with Crippen LogP contribution in [-0.2, 0) is 22.8 Å². The molecule has 0 aliphatic rings. The Labute approximate surface area is 241 Å². The van der Waals surface area contributed by atoms with Crippen LogP contribution in [0.2, 0.25) is 0 Å². The Balaban J connectivity index is 1.60. The van der Waals surface area contributed by atoms with Crippen molar-refractivity contribution in [1.82, 2.24) is 4.72 Å². The van der Waals surface area contributed by atoms with Crippen LogP contribution in [0.15, 0.2) is 102 Å². The zero-order valence-corrected chi connectivity index (χ0v) is 23.3. The van der Waals surface area contributed by atoms with E-state index >= 15 is 0 Å². The first-order chi connectivity index (χ1) is 20.0. The second-order valence-electron chi connectivity index (χ2n) is 9.25. The number of rotatable bonds is 12. The van der Waals surface area contributed by atoms with Gasteiger partial charge in [-0.05, 0) is 65.7 Å². The summed E-state index contributed by atoms with van der Waals surface area (Å²) < 4.78 is 79.5. The summed E-state index contributed by atoms with van der Waals surface area (Å²) in [7, 11) is -2.83. The smallest absolute Gasteiger partial charge is 0.416 e. The fraction of sp³-hybridized carbons (Fsp3) is 0.167. The van der Waals surface area contributed by atoms with Gasteiger partial charge in [-0.15, -0.1) is 0 Å². The molecule has 4 aromatic carbocycles. The van der Waals surface area contributed by atoms with Crippen molar-refractivity contribution < 1.29 is 31.1 Å². The van der Waals surface area contributed by atoms with Gasteiger partial charge in [0.15, 0.2) is 11.5 Å². The van der Waals surface area contributed by atoms with Crippen molar-refractivity contribution in [3.63, 3.8) is 0 Å². The summed E-state index contributed by atoms with van der Waals surface area (Å²) in [6.07, 6.45) is -4.69. The van der Waals surface area contributed by atoms with E-state index in [1.54, 1.807) is 42.5 Å². The maximum atomic E-state index is 13.2. The number of amidine groups is 1. The number of benzene rings is 4. The van der Waals surface area contributed by atoms with Crippen molar-refractivity contribution in [3.05, 3.63) is 119 Å². The first-order valence-corrected chi connectivity index (χ1v) is 14.2. The molecule has 0 heterocycles. The van der Waals surface area contributed by atoms with E-state index in [9.17, 15) is 21.6 Å². The molecule has 0 saturated heterocycles. The topological polar surface area (TPSA) is 127 Å². The highest BCUT2D eigenvalue weighted by Gasteiger charge is 2.32. The van der Waals surface area contributed by atoms with E-state index < -0.39 is 32.7 Å². The van der Waals surface area contributed by atoms with Gasteiger partial charge < -0.3 is 20.5 Å². The van der Waals surface area contributed by atoms with E-state index in [-0.39, 0.29) is 12.4 Å². The Hall–Kier alpha value is -4.55. The molecule has 0 fully saturated rings. The number of methoxy groups -OCH3 is 1. The molecule has 1 atom stereocenters. The monoisotopic (exact) mass is 598 g/mol. The molecule has 0 spiro atoms. The van der Waals surface area contributed by atoms with Crippen LogP contribution >= 0.6 is 0 Å². The SMILES string of the molecule is COc1cc(C(CNS(=O)(=O)c2cccc(C(F)(F)F)c2)Nc2ccc(C(=N)N)cc2)ccc1OCc1ccccc1. The van der Waals surface area contributed by atoms with Crippen LogP contribution in [0.5, 0.6) is 11.5 Å². The molecule has 0 aromatic heterocycles. The van der Waals surface area contributed by atoms with Gasteiger partial charge in [-0.25, -0.2) is 13.1 Å². The van der Waals surface area contributed by atoms with Crippen LogP contribution < -0.4 is 25.2 Å². The first kappa shape index (κ1) is 30.4. The molecule has 0 saturated carbocycles. The van der Waals surface area contributed by atoms with Crippen LogP contribution in [0.3, 0.4) is 0 Å². The van der Waals surface area contributed by atoms with E-state index in [0.29, 0.717) is 41.0 Å². The van der Waals surface area contributed by atoms with Crippen LogP contribution in [-0.4, -0.2) is 27.9 Å². The lowest BCUT2D eigenvalue weighted by Crippen LogP contribution is -2.31. The molecule has 220 valence electrons. The second-order valence-corrected chi connectivity index (χ2v) is 11.0. The van der Waals surface area contributed by atoms with Crippen molar-refractivity contribution >= 4 is 21.5 Å². The minimum atomic E-state index is -4.69. The zero-order valence-electron chi connectivity index (χ0n) is 22.5. The second kappa shape index (κ2) is 13.0. The molecule has 1 unspecified atom stereocenters. The molecule has 0 bridgehead atoms. The zero-order chi connectivity index (χ0) is 30.3. The molecule has 12 heteroatoms. The summed E-state index contributed by atoms with van der Waals surface area (Å²) in [5.74, 6) is 0.768. The van der Waals surface area contributed by atoms with Gasteiger partial charge in [-0.2, -0.15) is 13.2 Å². The summed E-state index contributed by atoms with van der Waals surface area (Å²) in [4.78, 5) is -0.510. The molecule has 0 aliphatic heterocycles. The molecule has 8 nitrogen and oxygen atoms in total. The number of nitrogens with one attached hydrogen (secondary N) is 3. The van der Waals surface area contributed by atoms with Gasteiger partial charge in [0, 0.05) is 17.8 Å². The van der Waals surface area contributed by atoms with Gasteiger partial charge in [0.25, 0.3) is 0 Å². The van der Waals surface area contributed by atoms with E-state index in [1.165, 1.54) is 7.11 Å². The van der Waals surface area contributed by atoms with Crippen LogP contribution in [0.4, 0.5) is 18.9 Å². The van der Waals surface area contributed by atoms with Gasteiger partial charge in [0.1, 0.15) is 12.4 Å². The Morgan fingerprint density at radius 3 is 2.29 bits per heavy atom. The summed E-state index contributed by atoms with van der Waals surface area (Å²) >= 11 is 0. The van der Waals surface area contributed by atoms with Crippen LogP contribution in [0.25, 0.3) is 0 Å². The Morgan fingerprint density at radius 1 is 0.929 bits per heavy atom. The standard InChI is InChI=1S/C30H29F3N4O4S/c1-40-28-16-22(12-15-27(28)41-19-20-6-3-2-4-7-20)26(37-24-13-10-21(11-14-24)29(34)35)18-36-42(38,39)25-9-5-8-23(17-25)30(31,32)33/h2-17,26,36-37H,18-19H2,1H3,(H3,34,35). The van der Waals surface area contributed by atoms with E-state index in [4.69, 9.17) is 20.6 Å². The number of nitrogen functional groups attached to an aromatic ring is 1. The third kappa shape index (κ3) is 7.80. The molecule has 0 aliphatic carbocycles. The summed E-state index contributed by atoms with van der Waals surface area (Å²) in [5, 5.41) is 10.8. The summed E-state index contributed by atoms with van der Waals surface area (Å²) in [6.45, 7) is 0.0813. The fourth-order valence-corrected chi connectivity index (χ4v) is 5.16. The molecular weight excluding hydrogens is 569 g/mol. The number of hydrogen-bond acceptors (Lipinski definition) is 6. The normalized spacial score (nSPS) is 12.4. The molecule has 4 rings (SSSR count). The van der Waals surface area contributed by atoms with Gasteiger partial charge >= 0.3 is 6.18 Å². The maximum Gasteiger partial charge on any atom is 0.416 e. The van der Waals surface area contributed by atoms with Crippen molar-refractivity contribution in [2.24, 2.45) is 5.73 Å². The van der Waals surface area contributed by atoms with Crippen molar-refractivity contribution in [1.29, 1.82) is 5.41 Å². The Morgan fingerprint density at radius 2 is 1.64 bits per heavy atom. The number of sulfonamides is 1. The minimum absolute atomic E-state index is 0.109. The number of hydrogen-bond donors (Lipinski definition) is 4. The number of alkyl halides is 3. The lowest BCUT2D eigenvalue weighted by atomic mass is 10.1. The largest absolute Gasteiger partial charge is 0.493 e. The molecule has 5 N–H and O–H groups in total. The number of halogens is 3. The van der Waals surface area contributed by atoms with Crippen molar-refractivity contribution in [2.45, 2.75) is 23.7 Å². The molecule has 0 radical (unpaired) electrons. The lowest BCUT2D eigenvalue weighted by molar-refractivity contribution is -0.137. The van der Waals surface area contributed by atoms with E-state index in [0.717, 1.165) is 23.8 Å². The first-order valence-electron chi connectivity index (χ1n) is 12.7. The van der Waals surface area contributed by atoms with E-state index in [2.05, 4.69) is 10.0 Å². The third-order valence-corrected chi connectivity index (χ3v) is 7.73. The predicted molar refractivity (Wildman–Crippen MR) is 154 cm³/mol. The summed E-state index contributed by atoms with van der Waals surface area (Å²) in [6, 6.07) is 24.2. The average Bonchev–Trinajstić information content (AvgIpc) is 2.98. The van der Waals surface area contributed by atoms with Gasteiger partial charge in [0.05, 0.1) is 23.6 Å². The Kier molecular flexibility index (Phi) is 9.38. The Bertz CT molecular complexity index is 1630. The minimum Gasteiger partial charge on any atom is -0.493 e. The number of ether oxygens (including phenoxy) is 2. The van der Waals surface area contributed by atoms with Gasteiger partial charge in [0.2, 0.25) is 10.0 Å². The third-order valence-electron chi connectivity index (χ3n) is 6.31. The molecule has 4 aromatic rings. The summed E-state index contributed by atoms with van der Waals surface area (Å²) in [5.41, 5.74) is 7.14.